The number of hydrogen-bond acceptors (Lipinski definition) is 5. The Labute approximate surface area is 234 Å². The smallest absolute Gasteiger partial charge is 0.416 e. The van der Waals surface area contributed by atoms with E-state index in [1.807, 2.05) is 24.3 Å². The predicted molar refractivity (Wildman–Crippen MR) is 135 cm³/mol. The highest BCUT2D eigenvalue weighted by Gasteiger charge is 2.38. The van der Waals surface area contributed by atoms with Crippen molar-refractivity contribution < 1.29 is 55.8 Å². The molecule has 0 radical (unpaired) electrons. The molecule has 8 nitrogen and oxygen atoms in total. The molecule has 1 fully saturated rings. The Balaban J connectivity index is 0.000000521. The molecule has 1 aliphatic heterocycles. The van der Waals surface area contributed by atoms with Crippen molar-refractivity contribution >= 4 is 34.5 Å². The Morgan fingerprint density at radius 3 is 1.83 bits per heavy atom. The zero-order chi connectivity index (χ0) is 31.4. The number of amides is 3. The molecule has 2 N–H and O–H groups in total. The van der Waals surface area contributed by atoms with Gasteiger partial charge in [0.15, 0.2) is 0 Å². The molecule has 1 atom stereocenters. The third kappa shape index (κ3) is 8.06. The number of hydroxylamine groups is 2. The first-order valence-electron chi connectivity index (χ1n) is 12.3. The van der Waals surface area contributed by atoms with Crippen molar-refractivity contribution in [2.75, 3.05) is 7.05 Å². The van der Waals surface area contributed by atoms with Crippen LogP contribution in [0.2, 0.25) is 0 Å². The number of imide groups is 1. The number of carboxylic acids is 1. The zero-order valence-corrected chi connectivity index (χ0v) is 21.9. The van der Waals surface area contributed by atoms with E-state index in [2.05, 4.69) is 0 Å². The van der Waals surface area contributed by atoms with E-state index in [-0.39, 0.29) is 30.4 Å². The van der Waals surface area contributed by atoms with Crippen LogP contribution in [0.25, 0.3) is 10.8 Å². The lowest BCUT2D eigenvalue weighted by atomic mass is 9.98. The summed E-state index contributed by atoms with van der Waals surface area (Å²) >= 11 is 0. The number of halogens is 6. The Morgan fingerprint density at radius 2 is 1.38 bits per heavy atom. The SMILES string of the molecule is CN(C(=O)c1cc(C(F)(F)F)cc(C(F)(F)F)c1)C(CC(=O)O)Cc1ccc2ccccc2c1.O=C1CCC(=O)N1O. The van der Waals surface area contributed by atoms with Gasteiger partial charge in [0, 0.05) is 31.5 Å². The summed E-state index contributed by atoms with van der Waals surface area (Å²) in [6.45, 7) is 0. The van der Waals surface area contributed by atoms with Gasteiger partial charge in [-0.05, 0) is 41.0 Å². The second kappa shape index (κ2) is 12.6. The molecule has 0 bridgehead atoms. The number of carboxylic acid groups (broad SMARTS) is 1. The normalized spacial score (nSPS) is 14.4. The summed E-state index contributed by atoms with van der Waals surface area (Å²) in [5.74, 6) is -3.43. The molecule has 14 heteroatoms. The quantitative estimate of drug-likeness (QED) is 0.218. The number of benzene rings is 3. The Kier molecular flexibility index (Phi) is 9.61. The van der Waals surface area contributed by atoms with Gasteiger partial charge >= 0.3 is 18.3 Å². The lowest BCUT2D eigenvalue weighted by molar-refractivity contribution is -0.171. The van der Waals surface area contributed by atoms with Crippen LogP contribution in [0.4, 0.5) is 26.3 Å². The van der Waals surface area contributed by atoms with Gasteiger partial charge in [0.05, 0.1) is 17.5 Å². The fourth-order valence-electron chi connectivity index (χ4n) is 4.20. The molecule has 42 heavy (non-hydrogen) atoms. The van der Waals surface area contributed by atoms with Crippen LogP contribution in [-0.2, 0) is 33.2 Å². The third-order valence-electron chi connectivity index (χ3n) is 6.42. The molecular formula is C28H24F6N2O6. The van der Waals surface area contributed by atoms with Crippen LogP contribution in [0.5, 0.6) is 0 Å². The standard InChI is InChI=1S/C24H19F6NO3.C4H5NO3/c1-31(22(34)17-10-18(23(25,26)27)12-19(11-17)24(28,29)30)20(13-21(32)33)9-14-6-7-15-4-2-3-5-16(15)8-14;6-3-1-2-4(7)5(3)8/h2-8,10-12,20H,9,13H2,1H3,(H,32,33);8H,1-2H2. The van der Waals surface area contributed by atoms with Crippen LogP contribution >= 0.6 is 0 Å². The number of nitrogens with zero attached hydrogens (tertiary/aromatic N) is 2. The van der Waals surface area contributed by atoms with Crippen molar-refractivity contribution in [2.45, 2.75) is 44.1 Å². The van der Waals surface area contributed by atoms with Crippen LogP contribution in [0.1, 0.15) is 46.3 Å². The molecular weight excluding hydrogens is 574 g/mol. The van der Waals surface area contributed by atoms with E-state index in [9.17, 15) is 50.6 Å². The molecule has 0 aromatic heterocycles. The topological polar surface area (TPSA) is 115 Å². The lowest BCUT2D eigenvalue weighted by Crippen LogP contribution is -2.40. The van der Waals surface area contributed by atoms with E-state index in [4.69, 9.17) is 5.21 Å². The van der Waals surface area contributed by atoms with Crippen LogP contribution in [0.15, 0.2) is 60.7 Å². The summed E-state index contributed by atoms with van der Waals surface area (Å²) in [4.78, 5) is 45.7. The molecule has 1 saturated heterocycles. The maximum absolute atomic E-state index is 13.2. The number of carbonyl (C=O) groups excluding carboxylic acids is 3. The highest BCUT2D eigenvalue weighted by atomic mass is 19.4. The molecule has 4 rings (SSSR count). The van der Waals surface area contributed by atoms with Gasteiger partial charge in [0.2, 0.25) is 0 Å². The van der Waals surface area contributed by atoms with Crippen LogP contribution < -0.4 is 0 Å². The predicted octanol–water partition coefficient (Wildman–Crippen LogP) is 5.56. The van der Waals surface area contributed by atoms with E-state index in [1.54, 1.807) is 18.2 Å². The molecule has 1 heterocycles. The maximum atomic E-state index is 13.2. The average molecular weight is 598 g/mol. The Hall–Kier alpha value is -4.46. The third-order valence-corrected chi connectivity index (χ3v) is 6.42. The van der Waals surface area contributed by atoms with Crippen molar-refractivity contribution in [1.82, 2.24) is 9.96 Å². The monoisotopic (exact) mass is 598 g/mol. The van der Waals surface area contributed by atoms with E-state index >= 15 is 0 Å². The highest BCUT2D eigenvalue weighted by Crippen LogP contribution is 2.36. The van der Waals surface area contributed by atoms with Crippen LogP contribution in [0, 0.1) is 0 Å². The first-order chi connectivity index (χ1) is 19.5. The molecule has 0 spiro atoms. The van der Waals surface area contributed by atoms with Crippen LogP contribution in [-0.4, -0.2) is 57.1 Å². The fourth-order valence-corrected chi connectivity index (χ4v) is 4.20. The minimum Gasteiger partial charge on any atom is -0.481 e. The molecule has 1 aliphatic rings. The van der Waals surface area contributed by atoms with Crippen molar-refractivity contribution in [3.05, 3.63) is 82.9 Å². The van der Waals surface area contributed by atoms with E-state index in [0.717, 1.165) is 22.7 Å². The molecule has 3 amide bonds. The number of aliphatic carboxylic acids is 1. The second-order valence-corrected chi connectivity index (χ2v) is 9.45. The van der Waals surface area contributed by atoms with Crippen molar-refractivity contribution in [2.24, 2.45) is 0 Å². The average Bonchev–Trinajstić information content (AvgIpc) is 3.21. The molecule has 3 aromatic carbocycles. The summed E-state index contributed by atoms with van der Waals surface area (Å²) < 4.78 is 79.1. The number of carbonyl (C=O) groups is 4. The molecule has 3 aromatic rings. The minimum absolute atomic E-state index is 0.0322. The summed E-state index contributed by atoms with van der Waals surface area (Å²) in [5, 5.41) is 19.7. The van der Waals surface area contributed by atoms with Crippen molar-refractivity contribution in [1.29, 1.82) is 0 Å². The number of alkyl halides is 6. The number of likely N-dealkylation sites (N-methyl/N-ethyl adjacent to an activating group) is 1. The van der Waals surface area contributed by atoms with Gasteiger partial charge in [0.25, 0.3) is 17.7 Å². The van der Waals surface area contributed by atoms with Gasteiger partial charge in [-0.15, -0.1) is 0 Å². The van der Waals surface area contributed by atoms with Crippen molar-refractivity contribution in [3.8, 4) is 0 Å². The van der Waals surface area contributed by atoms with Gasteiger partial charge in [0.1, 0.15) is 0 Å². The van der Waals surface area contributed by atoms with Crippen molar-refractivity contribution in [3.63, 3.8) is 0 Å². The van der Waals surface area contributed by atoms with E-state index in [1.165, 1.54) is 0 Å². The van der Waals surface area contributed by atoms with Gasteiger partial charge in [-0.3, -0.25) is 24.4 Å². The van der Waals surface area contributed by atoms with Gasteiger partial charge < -0.3 is 10.0 Å². The molecule has 224 valence electrons. The minimum atomic E-state index is -5.11. The second-order valence-electron chi connectivity index (χ2n) is 9.45. The summed E-state index contributed by atoms with van der Waals surface area (Å²) in [6.07, 6.45) is -10.4. The zero-order valence-electron chi connectivity index (χ0n) is 21.9. The van der Waals surface area contributed by atoms with Gasteiger partial charge in [-0.1, -0.05) is 42.5 Å². The van der Waals surface area contributed by atoms with Gasteiger partial charge in [-0.2, -0.15) is 31.4 Å². The Bertz CT molecular complexity index is 1460. The summed E-state index contributed by atoms with van der Waals surface area (Å²) in [7, 11) is 1.16. The fraction of sp³-hybridized carbons (Fsp3) is 0.286. The molecule has 1 unspecified atom stereocenters. The van der Waals surface area contributed by atoms with Gasteiger partial charge in [-0.25, -0.2) is 0 Å². The first kappa shape index (κ1) is 32.1. The highest BCUT2D eigenvalue weighted by molar-refractivity contribution is 6.00. The molecule has 0 saturated carbocycles. The van der Waals surface area contributed by atoms with Crippen LogP contribution in [0.3, 0.4) is 0 Å². The summed E-state index contributed by atoms with van der Waals surface area (Å²) in [6, 6.07) is 12.2. The number of hydrogen-bond donors (Lipinski definition) is 2. The lowest BCUT2D eigenvalue weighted by Gasteiger charge is -2.28. The van der Waals surface area contributed by atoms with E-state index < -0.39 is 65.2 Å². The summed E-state index contributed by atoms with van der Waals surface area (Å²) in [5.41, 5.74) is -3.42. The number of rotatable bonds is 6. The molecule has 0 aliphatic carbocycles. The largest absolute Gasteiger partial charge is 0.481 e. The Morgan fingerprint density at radius 1 is 0.857 bits per heavy atom. The number of fused-ring (bicyclic) bond motifs is 1. The maximum Gasteiger partial charge on any atom is 0.416 e. The van der Waals surface area contributed by atoms with E-state index in [0.29, 0.717) is 17.7 Å². The first-order valence-corrected chi connectivity index (χ1v) is 12.3.